The van der Waals surface area contributed by atoms with Gasteiger partial charge in [-0.05, 0) is 67.6 Å². The fourth-order valence-electron chi connectivity index (χ4n) is 2.72. The summed E-state index contributed by atoms with van der Waals surface area (Å²) >= 11 is 0. The largest absolute Gasteiger partial charge is 0.494 e. The van der Waals surface area contributed by atoms with Crippen molar-refractivity contribution in [1.29, 1.82) is 0 Å². The maximum atomic E-state index is 12.7. The minimum Gasteiger partial charge on any atom is -0.494 e. The van der Waals surface area contributed by atoms with Gasteiger partial charge in [0.2, 0.25) is 0 Å². The Kier molecular flexibility index (Phi) is 6.19. The molecule has 29 heavy (non-hydrogen) atoms. The van der Waals surface area contributed by atoms with Crippen LogP contribution in [0.4, 0.5) is 11.4 Å². The maximum Gasteiger partial charge on any atom is 0.264 e. The monoisotopic (exact) mass is 410 g/mol. The molecule has 0 fully saturated rings. The van der Waals surface area contributed by atoms with Crippen LogP contribution in [0.3, 0.4) is 0 Å². The SMILES string of the molecule is CCOc1ccc(NC(=O)c2ccc(N(C)S(=O)(=O)c3ccccc3)cc2)cc1. The Morgan fingerprint density at radius 3 is 2.14 bits per heavy atom. The lowest BCUT2D eigenvalue weighted by atomic mass is 10.2. The van der Waals surface area contributed by atoms with Gasteiger partial charge in [-0.3, -0.25) is 9.10 Å². The van der Waals surface area contributed by atoms with E-state index in [0.29, 0.717) is 23.5 Å². The molecule has 0 aliphatic carbocycles. The van der Waals surface area contributed by atoms with Crippen molar-refractivity contribution in [3.05, 3.63) is 84.4 Å². The number of rotatable bonds is 7. The van der Waals surface area contributed by atoms with Crippen LogP contribution in [0.2, 0.25) is 0 Å². The van der Waals surface area contributed by atoms with Gasteiger partial charge in [0.05, 0.1) is 17.2 Å². The van der Waals surface area contributed by atoms with Crippen molar-refractivity contribution in [2.45, 2.75) is 11.8 Å². The third-order valence-corrected chi connectivity index (χ3v) is 6.12. The molecule has 0 saturated carbocycles. The number of hydrogen-bond donors (Lipinski definition) is 1. The average Bonchev–Trinajstić information content (AvgIpc) is 2.75. The van der Waals surface area contributed by atoms with Gasteiger partial charge in [-0.1, -0.05) is 18.2 Å². The fourth-order valence-corrected chi connectivity index (χ4v) is 3.93. The Morgan fingerprint density at radius 2 is 1.55 bits per heavy atom. The average molecular weight is 410 g/mol. The zero-order valence-corrected chi connectivity index (χ0v) is 17.0. The Bertz CT molecular complexity index is 1060. The molecule has 0 heterocycles. The minimum atomic E-state index is -3.66. The van der Waals surface area contributed by atoms with Crippen LogP contribution in [0, 0.1) is 0 Å². The molecule has 7 heteroatoms. The highest BCUT2D eigenvalue weighted by molar-refractivity contribution is 7.92. The van der Waals surface area contributed by atoms with Crippen molar-refractivity contribution in [2.75, 3.05) is 23.3 Å². The van der Waals surface area contributed by atoms with Crippen molar-refractivity contribution in [2.24, 2.45) is 0 Å². The quantitative estimate of drug-likeness (QED) is 0.635. The van der Waals surface area contributed by atoms with E-state index >= 15 is 0 Å². The number of ether oxygens (including phenoxy) is 1. The van der Waals surface area contributed by atoms with Gasteiger partial charge in [0, 0.05) is 18.3 Å². The van der Waals surface area contributed by atoms with Crippen LogP contribution < -0.4 is 14.4 Å². The number of carbonyl (C=O) groups excluding carboxylic acids is 1. The van der Waals surface area contributed by atoms with Crippen LogP contribution >= 0.6 is 0 Å². The van der Waals surface area contributed by atoms with Crippen molar-refractivity contribution in [3.8, 4) is 5.75 Å². The first-order valence-electron chi connectivity index (χ1n) is 9.10. The predicted octanol–water partition coefficient (Wildman–Crippen LogP) is 4.16. The van der Waals surface area contributed by atoms with E-state index in [1.165, 1.54) is 11.4 Å². The summed E-state index contributed by atoms with van der Waals surface area (Å²) < 4.78 is 32.0. The summed E-state index contributed by atoms with van der Waals surface area (Å²) in [4.78, 5) is 12.7. The molecule has 0 aliphatic heterocycles. The summed E-state index contributed by atoms with van der Waals surface area (Å²) in [5, 5.41) is 2.81. The van der Waals surface area contributed by atoms with E-state index < -0.39 is 10.0 Å². The molecule has 0 aliphatic rings. The molecule has 1 N–H and O–H groups in total. The normalized spacial score (nSPS) is 11.0. The molecular weight excluding hydrogens is 388 g/mol. The zero-order valence-electron chi connectivity index (χ0n) is 16.2. The fraction of sp³-hybridized carbons (Fsp3) is 0.136. The summed E-state index contributed by atoms with van der Waals surface area (Å²) in [5.41, 5.74) is 1.53. The lowest BCUT2D eigenvalue weighted by Gasteiger charge is -2.19. The Hall–Kier alpha value is -3.32. The molecule has 1 amide bonds. The number of amides is 1. The number of nitrogens with zero attached hydrogens (tertiary/aromatic N) is 1. The Labute approximate surface area is 170 Å². The topological polar surface area (TPSA) is 75.7 Å². The van der Waals surface area contributed by atoms with Crippen LogP contribution in [-0.4, -0.2) is 28.0 Å². The minimum absolute atomic E-state index is 0.208. The molecule has 0 bridgehead atoms. The summed E-state index contributed by atoms with van der Waals surface area (Å²) in [7, 11) is -2.18. The van der Waals surface area contributed by atoms with Crippen LogP contribution in [-0.2, 0) is 10.0 Å². The Balaban J connectivity index is 1.71. The third-order valence-electron chi connectivity index (χ3n) is 4.32. The first kappa shape index (κ1) is 20.4. The molecule has 0 spiro atoms. The van der Waals surface area contributed by atoms with Gasteiger partial charge in [0.1, 0.15) is 5.75 Å². The summed E-state index contributed by atoms with van der Waals surface area (Å²) in [6.07, 6.45) is 0. The van der Waals surface area contributed by atoms with Crippen molar-refractivity contribution >= 4 is 27.3 Å². The Morgan fingerprint density at radius 1 is 0.931 bits per heavy atom. The van der Waals surface area contributed by atoms with E-state index in [9.17, 15) is 13.2 Å². The zero-order chi connectivity index (χ0) is 20.9. The standard InChI is InChI=1S/C22H22N2O4S/c1-3-28-20-15-11-18(12-16-20)23-22(25)17-9-13-19(14-10-17)24(2)29(26,27)21-7-5-4-6-8-21/h4-16H,3H2,1-2H3,(H,23,25). The molecule has 3 aromatic carbocycles. The predicted molar refractivity (Wildman–Crippen MR) is 114 cm³/mol. The van der Waals surface area contributed by atoms with Crippen molar-refractivity contribution in [1.82, 2.24) is 0 Å². The molecule has 3 aromatic rings. The van der Waals surface area contributed by atoms with Gasteiger partial charge in [0.25, 0.3) is 15.9 Å². The highest BCUT2D eigenvalue weighted by Gasteiger charge is 2.21. The van der Waals surface area contributed by atoms with Gasteiger partial charge in [-0.2, -0.15) is 0 Å². The number of benzene rings is 3. The van der Waals surface area contributed by atoms with Crippen LogP contribution in [0.1, 0.15) is 17.3 Å². The van der Waals surface area contributed by atoms with E-state index in [0.717, 1.165) is 5.75 Å². The highest BCUT2D eigenvalue weighted by atomic mass is 32.2. The molecule has 0 unspecified atom stereocenters. The van der Waals surface area contributed by atoms with Crippen molar-refractivity contribution < 1.29 is 17.9 Å². The van der Waals surface area contributed by atoms with Gasteiger partial charge in [-0.15, -0.1) is 0 Å². The molecule has 0 aromatic heterocycles. The van der Waals surface area contributed by atoms with E-state index in [1.807, 2.05) is 6.92 Å². The van der Waals surface area contributed by atoms with Gasteiger partial charge in [0.15, 0.2) is 0 Å². The number of hydrogen-bond acceptors (Lipinski definition) is 4. The summed E-state index contributed by atoms with van der Waals surface area (Å²) in [6, 6.07) is 21.7. The van der Waals surface area contributed by atoms with Crippen LogP contribution in [0.25, 0.3) is 0 Å². The second-order valence-electron chi connectivity index (χ2n) is 6.24. The number of sulfonamides is 1. The molecule has 0 radical (unpaired) electrons. The number of nitrogens with one attached hydrogen (secondary N) is 1. The number of carbonyl (C=O) groups is 1. The van der Waals surface area contributed by atoms with E-state index in [4.69, 9.17) is 4.74 Å². The highest BCUT2D eigenvalue weighted by Crippen LogP contribution is 2.23. The van der Waals surface area contributed by atoms with Crippen molar-refractivity contribution in [3.63, 3.8) is 0 Å². The van der Waals surface area contributed by atoms with Crippen LogP contribution in [0.15, 0.2) is 83.8 Å². The van der Waals surface area contributed by atoms with E-state index in [1.54, 1.807) is 78.9 Å². The molecular formula is C22H22N2O4S. The summed E-state index contributed by atoms with van der Waals surface area (Å²) in [5.74, 6) is 0.451. The smallest absolute Gasteiger partial charge is 0.264 e. The first-order valence-corrected chi connectivity index (χ1v) is 10.5. The molecule has 0 atom stereocenters. The van der Waals surface area contributed by atoms with Gasteiger partial charge in [-0.25, -0.2) is 8.42 Å². The second kappa shape index (κ2) is 8.79. The lowest BCUT2D eigenvalue weighted by molar-refractivity contribution is 0.102. The van der Waals surface area contributed by atoms with E-state index in [2.05, 4.69) is 5.32 Å². The molecule has 6 nitrogen and oxygen atoms in total. The number of anilines is 2. The molecule has 150 valence electrons. The second-order valence-corrected chi connectivity index (χ2v) is 8.21. The molecule has 0 saturated heterocycles. The van der Waals surface area contributed by atoms with Crippen LogP contribution in [0.5, 0.6) is 5.75 Å². The maximum absolute atomic E-state index is 12.7. The van der Waals surface area contributed by atoms with Gasteiger partial charge >= 0.3 is 0 Å². The van der Waals surface area contributed by atoms with Gasteiger partial charge < -0.3 is 10.1 Å². The lowest BCUT2D eigenvalue weighted by Crippen LogP contribution is -2.26. The first-order chi connectivity index (χ1) is 13.9. The summed E-state index contributed by atoms with van der Waals surface area (Å²) in [6.45, 7) is 2.48. The third kappa shape index (κ3) is 4.75. The molecule has 3 rings (SSSR count). The van der Waals surface area contributed by atoms with E-state index in [-0.39, 0.29) is 10.8 Å².